The lowest BCUT2D eigenvalue weighted by atomic mass is 10.1. The third-order valence-electron chi connectivity index (χ3n) is 1.56. The number of alkyl halides is 2. The van der Waals surface area contributed by atoms with Crippen LogP contribution in [0.15, 0.2) is 0 Å². The largest absolute Gasteiger partial charge is 0.461 e. The van der Waals surface area contributed by atoms with Crippen molar-refractivity contribution in [3.05, 3.63) is 0 Å². The predicted octanol–water partition coefficient (Wildman–Crippen LogP) is 1.18. The number of rotatable bonds is 7. The third kappa shape index (κ3) is 4.33. The van der Waals surface area contributed by atoms with E-state index in [0.29, 0.717) is 6.61 Å². The van der Waals surface area contributed by atoms with Crippen LogP contribution in [0.4, 0.5) is 8.78 Å². The van der Waals surface area contributed by atoms with E-state index in [1.165, 1.54) is 6.92 Å². The lowest BCUT2D eigenvalue weighted by molar-refractivity contribution is -0.176. The summed E-state index contributed by atoms with van der Waals surface area (Å²) in [6, 6.07) is 0. The number of carbonyl (C=O) groups excluding carboxylic acids is 2. The van der Waals surface area contributed by atoms with Gasteiger partial charge in [0.2, 0.25) is 5.78 Å². The monoisotopic (exact) mass is 224 g/mol. The second kappa shape index (κ2) is 6.44. The van der Waals surface area contributed by atoms with E-state index in [-0.39, 0.29) is 13.2 Å². The summed E-state index contributed by atoms with van der Waals surface area (Å²) in [5.74, 6) is -7.34. The second-order valence-corrected chi connectivity index (χ2v) is 2.66. The summed E-state index contributed by atoms with van der Waals surface area (Å²) in [5, 5.41) is 0. The van der Waals surface area contributed by atoms with E-state index < -0.39 is 24.1 Å². The van der Waals surface area contributed by atoms with Gasteiger partial charge in [0, 0.05) is 13.0 Å². The molecule has 0 rings (SSSR count). The van der Waals surface area contributed by atoms with Crippen molar-refractivity contribution in [1.29, 1.82) is 0 Å². The molecule has 0 aromatic rings. The molecule has 0 saturated heterocycles. The fourth-order valence-electron chi connectivity index (χ4n) is 0.802. The Balaban J connectivity index is 4.19. The molecule has 0 aliphatic heterocycles. The number of hydrogen-bond acceptors (Lipinski definition) is 4. The van der Waals surface area contributed by atoms with Crippen molar-refractivity contribution in [2.45, 2.75) is 26.2 Å². The number of ether oxygens (including phenoxy) is 2. The van der Waals surface area contributed by atoms with E-state index in [1.54, 1.807) is 6.92 Å². The van der Waals surface area contributed by atoms with Gasteiger partial charge in [-0.2, -0.15) is 8.78 Å². The number of carbonyl (C=O) groups is 2. The minimum atomic E-state index is -4.06. The first-order valence-corrected chi connectivity index (χ1v) is 4.62. The number of halogens is 2. The molecule has 0 saturated carbocycles. The van der Waals surface area contributed by atoms with Gasteiger partial charge in [-0.15, -0.1) is 0 Å². The minimum Gasteiger partial charge on any atom is -0.461 e. The molecule has 88 valence electrons. The van der Waals surface area contributed by atoms with Crippen LogP contribution in [0, 0.1) is 0 Å². The number of hydrogen-bond donors (Lipinski definition) is 0. The van der Waals surface area contributed by atoms with Crippen LogP contribution in [-0.2, 0) is 19.1 Å². The highest BCUT2D eigenvalue weighted by Gasteiger charge is 2.47. The maximum Gasteiger partial charge on any atom is 0.399 e. The number of ketones is 1. The van der Waals surface area contributed by atoms with Gasteiger partial charge in [-0.05, 0) is 13.8 Å². The molecule has 0 atom stereocenters. The van der Waals surface area contributed by atoms with Crippen molar-refractivity contribution in [2.24, 2.45) is 0 Å². The molecule has 0 aliphatic rings. The summed E-state index contributed by atoms with van der Waals surface area (Å²) < 4.78 is 34.7. The third-order valence-corrected chi connectivity index (χ3v) is 1.56. The van der Waals surface area contributed by atoms with Crippen molar-refractivity contribution in [3.63, 3.8) is 0 Å². The zero-order chi connectivity index (χ0) is 11.9. The summed E-state index contributed by atoms with van der Waals surface area (Å²) in [4.78, 5) is 21.6. The summed E-state index contributed by atoms with van der Waals surface area (Å²) in [6.45, 7) is 3.09. The van der Waals surface area contributed by atoms with Gasteiger partial charge in [-0.3, -0.25) is 4.79 Å². The van der Waals surface area contributed by atoms with E-state index in [1.807, 2.05) is 0 Å². The highest BCUT2D eigenvalue weighted by Crippen LogP contribution is 2.18. The molecule has 6 heteroatoms. The molecule has 0 radical (unpaired) electrons. The molecular weight excluding hydrogens is 210 g/mol. The van der Waals surface area contributed by atoms with Gasteiger partial charge in [-0.25, -0.2) is 4.79 Å². The van der Waals surface area contributed by atoms with Gasteiger partial charge in [-0.1, -0.05) is 0 Å². The first-order chi connectivity index (χ1) is 6.96. The second-order valence-electron chi connectivity index (χ2n) is 2.66. The molecule has 0 fully saturated rings. The summed E-state index contributed by atoms with van der Waals surface area (Å²) in [7, 11) is 0. The van der Waals surface area contributed by atoms with Gasteiger partial charge >= 0.3 is 11.9 Å². The zero-order valence-corrected chi connectivity index (χ0v) is 8.72. The van der Waals surface area contributed by atoms with Crippen LogP contribution in [0.1, 0.15) is 20.3 Å². The molecule has 0 N–H and O–H groups in total. The van der Waals surface area contributed by atoms with Crippen LogP contribution in [-0.4, -0.2) is 37.5 Å². The average Bonchev–Trinajstić information content (AvgIpc) is 2.18. The lowest BCUT2D eigenvalue weighted by Gasteiger charge is -2.12. The van der Waals surface area contributed by atoms with E-state index in [2.05, 4.69) is 4.74 Å². The fraction of sp³-hybridized carbons (Fsp3) is 0.778. The molecular formula is C9H14F2O4. The maximum absolute atomic E-state index is 12.9. The molecule has 0 bridgehead atoms. The Kier molecular flexibility index (Phi) is 6.00. The molecule has 0 aliphatic carbocycles. The molecule has 0 aromatic heterocycles. The van der Waals surface area contributed by atoms with Gasteiger partial charge in [0.05, 0.1) is 13.2 Å². The van der Waals surface area contributed by atoms with Crippen molar-refractivity contribution >= 4 is 11.8 Å². The van der Waals surface area contributed by atoms with E-state index >= 15 is 0 Å². The Morgan fingerprint density at radius 2 is 1.80 bits per heavy atom. The standard InChI is InChI=1S/C9H14F2O4/c1-3-14-6-5-7(12)9(10,11)8(13)15-4-2/h3-6H2,1-2H3. The highest BCUT2D eigenvalue weighted by atomic mass is 19.3. The maximum atomic E-state index is 12.9. The van der Waals surface area contributed by atoms with E-state index in [0.717, 1.165) is 0 Å². The fourth-order valence-corrected chi connectivity index (χ4v) is 0.802. The molecule has 0 unspecified atom stereocenters. The summed E-state index contributed by atoms with van der Waals surface area (Å²) in [6.07, 6.45) is -0.500. The van der Waals surface area contributed by atoms with Crippen molar-refractivity contribution in [3.8, 4) is 0 Å². The zero-order valence-electron chi connectivity index (χ0n) is 8.72. The van der Waals surface area contributed by atoms with Crippen molar-refractivity contribution < 1.29 is 27.8 Å². The number of Topliss-reactive ketones (excluding diaryl/α,β-unsaturated/α-hetero) is 1. The summed E-state index contributed by atoms with van der Waals surface area (Å²) >= 11 is 0. The summed E-state index contributed by atoms with van der Waals surface area (Å²) in [5.41, 5.74) is 0. The topological polar surface area (TPSA) is 52.6 Å². The molecule has 0 spiro atoms. The van der Waals surface area contributed by atoms with Crippen LogP contribution >= 0.6 is 0 Å². The van der Waals surface area contributed by atoms with Crippen molar-refractivity contribution in [1.82, 2.24) is 0 Å². The minimum absolute atomic E-state index is 0.121. The van der Waals surface area contributed by atoms with Crippen LogP contribution in [0.2, 0.25) is 0 Å². The van der Waals surface area contributed by atoms with E-state index in [9.17, 15) is 18.4 Å². The highest BCUT2D eigenvalue weighted by molar-refractivity contribution is 6.05. The van der Waals surface area contributed by atoms with Crippen LogP contribution in [0.5, 0.6) is 0 Å². The first-order valence-electron chi connectivity index (χ1n) is 4.62. The average molecular weight is 224 g/mol. The van der Waals surface area contributed by atoms with Crippen LogP contribution < -0.4 is 0 Å². The molecule has 0 heterocycles. The van der Waals surface area contributed by atoms with Gasteiger partial charge < -0.3 is 9.47 Å². The molecule has 0 aromatic carbocycles. The normalized spacial score (nSPS) is 11.2. The SMILES string of the molecule is CCOCCC(=O)C(F)(F)C(=O)OCC. The van der Waals surface area contributed by atoms with Gasteiger partial charge in [0.25, 0.3) is 0 Å². The van der Waals surface area contributed by atoms with Crippen molar-refractivity contribution in [2.75, 3.05) is 19.8 Å². The van der Waals surface area contributed by atoms with Gasteiger partial charge in [0.1, 0.15) is 0 Å². The quantitative estimate of drug-likeness (QED) is 0.370. The van der Waals surface area contributed by atoms with Crippen LogP contribution in [0.25, 0.3) is 0 Å². The molecule has 15 heavy (non-hydrogen) atoms. The van der Waals surface area contributed by atoms with Gasteiger partial charge in [0.15, 0.2) is 0 Å². The smallest absolute Gasteiger partial charge is 0.399 e. The Hall–Kier alpha value is -1.04. The predicted molar refractivity (Wildman–Crippen MR) is 47.7 cm³/mol. The Morgan fingerprint density at radius 1 is 1.20 bits per heavy atom. The van der Waals surface area contributed by atoms with Crippen LogP contribution in [0.3, 0.4) is 0 Å². The first kappa shape index (κ1) is 14.0. The molecule has 0 amide bonds. The lowest BCUT2D eigenvalue weighted by Crippen LogP contribution is -2.39. The Labute approximate surface area is 86.5 Å². The van der Waals surface area contributed by atoms with E-state index in [4.69, 9.17) is 4.74 Å². The Bertz CT molecular complexity index is 228. The number of esters is 1. The Morgan fingerprint density at radius 3 is 2.27 bits per heavy atom. The molecule has 4 nitrogen and oxygen atoms in total.